The Morgan fingerprint density at radius 2 is 1.97 bits per heavy atom. The number of benzene rings is 2. The average Bonchev–Trinajstić information content (AvgIpc) is 3.31. The molecule has 0 atom stereocenters. The molecule has 2 heterocycles. The highest BCUT2D eigenvalue weighted by Crippen LogP contribution is 2.25. The smallest absolute Gasteiger partial charge is 0.189 e. The molecule has 0 spiro atoms. The minimum Gasteiger partial charge on any atom is -0.486 e. The zero-order valence-corrected chi connectivity index (χ0v) is 17.6. The number of aromatic nitrogens is 2. The number of halogens is 1. The summed E-state index contributed by atoms with van der Waals surface area (Å²) in [5, 5.41) is 6.35. The minimum atomic E-state index is -0.104. The molecule has 0 saturated carbocycles. The molecule has 29 heavy (non-hydrogen) atoms. The quantitative estimate of drug-likeness (QED) is 0.278. The zero-order chi connectivity index (χ0) is 20.4. The number of nitrogens with zero attached hydrogens (tertiary/aromatic N) is 2. The lowest BCUT2D eigenvalue weighted by Gasteiger charge is -2.06. The molecule has 2 aromatic carbocycles. The van der Waals surface area contributed by atoms with Crippen LogP contribution >= 0.6 is 15.9 Å². The maximum Gasteiger partial charge on any atom is 0.189 e. The maximum atomic E-state index is 12.3. The van der Waals surface area contributed by atoms with Crippen LogP contribution in [0.15, 0.2) is 69.7 Å². The summed E-state index contributed by atoms with van der Waals surface area (Å²) in [6.07, 6.45) is 4.73. The van der Waals surface area contributed by atoms with Crippen molar-refractivity contribution in [3.63, 3.8) is 0 Å². The number of hydrogen-bond acceptors (Lipinski definition) is 4. The van der Waals surface area contributed by atoms with Crippen molar-refractivity contribution in [3.8, 4) is 5.75 Å². The van der Waals surface area contributed by atoms with Crippen LogP contribution in [0.1, 0.15) is 27.6 Å². The van der Waals surface area contributed by atoms with E-state index in [2.05, 4.69) is 27.1 Å². The summed E-state index contributed by atoms with van der Waals surface area (Å²) in [6.45, 7) is 2.17. The number of rotatable bonds is 6. The van der Waals surface area contributed by atoms with Crippen molar-refractivity contribution < 1.29 is 13.9 Å². The van der Waals surface area contributed by atoms with Crippen molar-refractivity contribution >= 4 is 38.6 Å². The Morgan fingerprint density at radius 1 is 1.17 bits per heavy atom. The summed E-state index contributed by atoms with van der Waals surface area (Å²) in [5.74, 6) is 1.95. The number of fused-ring (bicyclic) bond motifs is 1. The third kappa shape index (κ3) is 4.32. The van der Waals surface area contributed by atoms with Gasteiger partial charge in [-0.25, -0.2) is 0 Å². The second kappa shape index (κ2) is 8.09. The molecular formula is C23H19BrN2O3. The first-order chi connectivity index (χ1) is 14.0. The van der Waals surface area contributed by atoms with Crippen molar-refractivity contribution in [1.29, 1.82) is 0 Å². The molecule has 0 aliphatic heterocycles. The number of furan rings is 1. The van der Waals surface area contributed by atoms with Crippen LogP contribution in [0, 0.1) is 6.92 Å². The summed E-state index contributed by atoms with van der Waals surface area (Å²) >= 11 is 3.48. The highest BCUT2D eigenvalue weighted by molar-refractivity contribution is 9.10. The molecule has 0 amide bonds. The van der Waals surface area contributed by atoms with Gasteiger partial charge in [-0.05, 0) is 66.2 Å². The van der Waals surface area contributed by atoms with E-state index in [1.807, 2.05) is 56.4 Å². The number of carbonyl (C=O) groups is 1. The second-order valence-electron chi connectivity index (χ2n) is 6.71. The molecule has 0 N–H and O–H groups in total. The molecule has 0 unspecified atom stereocenters. The van der Waals surface area contributed by atoms with E-state index < -0.39 is 0 Å². The lowest BCUT2D eigenvalue weighted by Crippen LogP contribution is -1.98. The van der Waals surface area contributed by atoms with Gasteiger partial charge in [-0.3, -0.25) is 9.48 Å². The molecule has 4 rings (SSSR count). The highest BCUT2D eigenvalue weighted by Gasteiger charge is 2.10. The van der Waals surface area contributed by atoms with E-state index in [9.17, 15) is 4.79 Å². The average molecular weight is 451 g/mol. The summed E-state index contributed by atoms with van der Waals surface area (Å²) in [4.78, 5) is 12.3. The number of hydrogen-bond donors (Lipinski definition) is 0. The van der Waals surface area contributed by atoms with Crippen molar-refractivity contribution in [2.45, 2.75) is 13.5 Å². The van der Waals surface area contributed by atoms with Gasteiger partial charge in [-0.1, -0.05) is 28.1 Å². The van der Waals surface area contributed by atoms with Crippen LogP contribution in [0.3, 0.4) is 0 Å². The van der Waals surface area contributed by atoms with Gasteiger partial charge in [0.25, 0.3) is 0 Å². The number of ketones is 1. The van der Waals surface area contributed by atoms with E-state index in [1.54, 1.807) is 17.0 Å². The van der Waals surface area contributed by atoms with Crippen LogP contribution in [-0.4, -0.2) is 15.6 Å². The Balaban J connectivity index is 1.40. The minimum absolute atomic E-state index is 0.104. The van der Waals surface area contributed by atoms with Gasteiger partial charge in [0.2, 0.25) is 0 Å². The molecule has 2 aromatic heterocycles. The largest absolute Gasteiger partial charge is 0.486 e. The van der Waals surface area contributed by atoms with Gasteiger partial charge >= 0.3 is 0 Å². The van der Waals surface area contributed by atoms with Crippen LogP contribution in [0.5, 0.6) is 5.75 Å². The Labute approximate surface area is 176 Å². The summed E-state index contributed by atoms with van der Waals surface area (Å²) in [5.41, 5.74) is 1.41. The fraction of sp³-hybridized carbons (Fsp3) is 0.130. The van der Waals surface area contributed by atoms with Crippen LogP contribution in [0.25, 0.3) is 16.8 Å². The van der Waals surface area contributed by atoms with Gasteiger partial charge in [-0.15, -0.1) is 0 Å². The molecule has 0 aliphatic rings. The summed E-state index contributed by atoms with van der Waals surface area (Å²) in [7, 11) is 1.81. The first kappa shape index (κ1) is 19.2. The molecular weight excluding hydrogens is 432 g/mol. The number of ether oxygens (including phenoxy) is 1. The lowest BCUT2D eigenvalue weighted by molar-refractivity contribution is 0.104. The molecule has 0 aliphatic carbocycles. The standard InChI is InChI=1S/C23H19BrN2O3/c1-15-22(13-25-26(15)2)23(27)10-9-19-7-8-21(29-19)14-28-20-6-4-16-11-18(24)5-3-17(16)12-20/h3-13H,14H2,1-2H3/b10-9+. The Kier molecular flexibility index (Phi) is 5.36. The van der Waals surface area contributed by atoms with Gasteiger partial charge in [0, 0.05) is 17.2 Å². The Morgan fingerprint density at radius 3 is 2.76 bits per heavy atom. The van der Waals surface area contributed by atoms with E-state index in [4.69, 9.17) is 9.15 Å². The third-order valence-corrected chi connectivity index (χ3v) is 5.23. The molecule has 0 radical (unpaired) electrons. The SMILES string of the molecule is Cc1c(C(=O)/C=C/c2ccc(COc3ccc4cc(Br)ccc4c3)o2)cnn1C. The second-order valence-corrected chi connectivity index (χ2v) is 7.63. The predicted molar refractivity (Wildman–Crippen MR) is 116 cm³/mol. The van der Waals surface area contributed by atoms with Gasteiger partial charge in [0.15, 0.2) is 5.78 Å². The van der Waals surface area contributed by atoms with Crippen molar-refractivity contribution in [2.75, 3.05) is 0 Å². The van der Waals surface area contributed by atoms with Gasteiger partial charge in [-0.2, -0.15) is 5.10 Å². The van der Waals surface area contributed by atoms with Crippen LogP contribution in [0.4, 0.5) is 0 Å². The number of allylic oxidation sites excluding steroid dienone is 1. The van der Waals surface area contributed by atoms with Crippen LogP contribution in [-0.2, 0) is 13.7 Å². The molecule has 0 fully saturated rings. The van der Waals surface area contributed by atoms with Crippen molar-refractivity contribution in [3.05, 3.63) is 88.1 Å². The fourth-order valence-corrected chi connectivity index (χ4v) is 3.37. The van der Waals surface area contributed by atoms with Gasteiger partial charge in [0.1, 0.15) is 23.9 Å². The van der Waals surface area contributed by atoms with E-state index in [1.165, 1.54) is 6.08 Å². The lowest BCUT2D eigenvalue weighted by atomic mass is 10.1. The first-order valence-electron chi connectivity index (χ1n) is 9.11. The molecule has 0 bridgehead atoms. The summed E-state index contributed by atoms with van der Waals surface area (Å²) in [6, 6.07) is 15.7. The molecule has 6 heteroatoms. The monoisotopic (exact) mass is 450 g/mol. The van der Waals surface area contributed by atoms with Crippen molar-refractivity contribution in [1.82, 2.24) is 9.78 Å². The normalized spacial score (nSPS) is 11.4. The van der Waals surface area contributed by atoms with E-state index in [-0.39, 0.29) is 5.78 Å². The molecule has 4 aromatic rings. The predicted octanol–water partition coefficient (Wildman–Crippen LogP) is 5.71. The summed E-state index contributed by atoms with van der Waals surface area (Å²) < 4.78 is 14.3. The highest BCUT2D eigenvalue weighted by atomic mass is 79.9. The van der Waals surface area contributed by atoms with Gasteiger partial charge in [0.05, 0.1) is 11.8 Å². The van der Waals surface area contributed by atoms with Crippen molar-refractivity contribution in [2.24, 2.45) is 7.05 Å². The van der Waals surface area contributed by atoms with Crippen LogP contribution in [0.2, 0.25) is 0 Å². The third-order valence-electron chi connectivity index (χ3n) is 4.74. The Bertz CT molecular complexity index is 1220. The first-order valence-corrected chi connectivity index (χ1v) is 9.91. The number of carbonyl (C=O) groups excluding carboxylic acids is 1. The van der Waals surface area contributed by atoms with Crippen LogP contribution < -0.4 is 4.74 Å². The molecule has 146 valence electrons. The van der Waals surface area contributed by atoms with E-state index >= 15 is 0 Å². The van der Waals surface area contributed by atoms with E-state index in [0.29, 0.717) is 23.7 Å². The fourth-order valence-electron chi connectivity index (χ4n) is 2.99. The maximum absolute atomic E-state index is 12.3. The van der Waals surface area contributed by atoms with Gasteiger partial charge < -0.3 is 9.15 Å². The topological polar surface area (TPSA) is 57.3 Å². The van der Waals surface area contributed by atoms with E-state index in [0.717, 1.165) is 26.7 Å². The molecule has 5 nitrogen and oxygen atoms in total. The Hall–Kier alpha value is -3.12. The molecule has 0 saturated heterocycles. The zero-order valence-electron chi connectivity index (χ0n) is 16.1. The number of aryl methyl sites for hydroxylation is 1.